The molecular weight excluding hydrogens is 306 g/mol. The van der Waals surface area contributed by atoms with Gasteiger partial charge >= 0.3 is 0 Å². The van der Waals surface area contributed by atoms with Crippen molar-refractivity contribution >= 4 is 23.2 Å². The molecule has 1 aromatic rings. The number of hydrogen-bond donors (Lipinski definition) is 1. The van der Waals surface area contributed by atoms with E-state index in [4.69, 9.17) is 12.2 Å². The van der Waals surface area contributed by atoms with Crippen molar-refractivity contribution in [1.82, 2.24) is 15.3 Å². The minimum Gasteiger partial charge on any atom is -0.357 e. The lowest BCUT2D eigenvalue weighted by atomic mass is 9.95. The monoisotopic (exact) mass is 329 g/mol. The summed E-state index contributed by atoms with van der Waals surface area (Å²) in [6, 6.07) is 10.1. The van der Waals surface area contributed by atoms with Gasteiger partial charge in [-0.15, -0.1) is 0 Å². The summed E-state index contributed by atoms with van der Waals surface area (Å²) in [4.78, 5) is 13.2. The third-order valence-corrected chi connectivity index (χ3v) is 4.88. The minimum absolute atomic E-state index is 0.181. The zero-order valence-electron chi connectivity index (χ0n) is 13.5. The van der Waals surface area contributed by atoms with E-state index in [2.05, 4.69) is 24.0 Å². The molecule has 1 saturated carbocycles. The van der Waals surface area contributed by atoms with Crippen LogP contribution in [0.3, 0.4) is 0 Å². The molecule has 4 nitrogen and oxygen atoms in total. The fourth-order valence-corrected chi connectivity index (χ4v) is 3.37. The highest BCUT2D eigenvalue weighted by atomic mass is 32.1. The van der Waals surface area contributed by atoms with Crippen LogP contribution in [0.2, 0.25) is 0 Å². The smallest absolute Gasteiger partial charge is 0.251 e. The lowest BCUT2D eigenvalue weighted by Gasteiger charge is -2.33. The van der Waals surface area contributed by atoms with Crippen LogP contribution in [0.4, 0.5) is 0 Å². The summed E-state index contributed by atoms with van der Waals surface area (Å²) in [6.07, 6.45) is 2.80. The van der Waals surface area contributed by atoms with E-state index in [1.807, 2.05) is 35.1 Å². The Morgan fingerprint density at radius 3 is 2.52 bits per heavy atom. The van der Waals surface area contributed by atoms with E-state index in [1.54, 1.807) is 0 Å². The number of hydrogen-bond acceptors (Lipinski definition) is 2. The van der Waals surface area contributed by atoms with Crippen LogP contribution in [-0.2, 0) is 10.2 Å². The second kappa shape index (κ2) is 6.32. The normalized spacial score (nSPS) is 18.7. The molecule has 5 heteroatoms. The quantitative estimate of drug-likeness (QED) is 0.680. The molecule has 3 rings (SSSR count). The van der Waals surface area contributed by atoms with Crippen LogP contribution in [0, 0.1) is 0 Å². The van der Waals surface area contributed by atoms with Crippen LogP contribution in [-0.4, -0.2) is 40.7 Å². The molecule has 1 aromatic carbocycles. The Hall–Kier alpha value is -1.88. The summed E-state index contributed by atoms with van der Waals surface area (Å²) < 4.78 is 0. The molecule has 1 saturated heterocycles. The topological polar surface area (TPSA) is 35.6 Å². The van der Waals surface area contributed by atoms with Crippen molar-refractivity contribution in [3.8, 4) is 0 Å². The molecule has 0 bridgehead atoms. The predicted molar refractivity (Wildman–Crippen MR) is 95.8 cm³/mol. The third-order valence-electron chi connectivity index (χ3n) is 4.53. The van der Waals surface area contributed by atoms with Gasteiger partial charge in [-0.1, -0.05) is 42.5 Å². The standard InChI is InChI=1S/C18H23N3OS/c1-14(2)13-19-17(23)21-12-6-11-20(21)16(22)18(9-10-18)15-7-4-3-5-8-15/h3-5,7-8H,1,6,9-13H2,2H3,(H,19,23). The van der Waals surface area contributed by atoms with E-state index in [0.717, 1.165) is 43.5 Å². The first kappa shape index (κ1) is 16.0. The summed E-state index contributed by atoms with van der Waals surface area (Å²) >= 11 is 5.47. The number of nitrogens with one attached hydrogen (secondary N) is 1. The number of benzene rings is 1. The maximum atomic E-state index is 13.2. The minimum atomic E-state index is -0.339. The van der Waals surface area contributed by atoms with Gasteiger partial charge in [0.2, 0.25) is 0 Å². The zero-order valence-corrected chi connectivity index (χ0v) is 14.4. The summed E-state index contributed by atoms with van der Waals surface area (Å²) in [5.74, 6) is 0.181. The van der Waals surface area contributed by atoms with Crippen molar-refractivity contribution in [2.75, 3.05) is 19.6 Å². The molecule has 0 spiro atoms. The van der Waals surface area contributed by atoms with Gasteiger partial charge in [-0.3, -0.25) is 14.8 Å². The number of carbonyl (C=O) groups excluding carboxylic acids is 1. The van der Waals surface area contributed by atoms with Gasteiger partial charge in [-0.05, 0) is 44.0 Å². The first-order chi connectivity index (χ1) is 11.0. The summed E-state index contributed by atoms with van der Waals surface area (Å²) in [5, 5.41) is 7.56. The molecule has 0 radical (unpaired) electrons. The highest BCUT2D eigenvalue weighted by molar-refractivity contribution is 7.80. The van der Waals surface area contributed by atoms with Crippen molar-refractivity contribution in [1.29, 1.82) is 0 Å². The molecule has 0 unspecified atom stereocenters. The van der Waals surface area contributed by atoms with Crippen LogP contribution in [0.1, 0.15) is 31.7 Å². The molecule has 122 valence electrons. The van der Waals surface area contributed by atoms with Crippen molar-refractivity contribution in [3.05, 3.63) is 48.0 Å². The number of thiocarbonyl (C=S) groups is 1. The maximum Gasteiger partial charge on any atom is 0.251 e. The first-order valence-corrected chi connectivity index (χ1v) is 8.52. The molecule has 1 N–H and O–H groups in total. The fourth-order valence-electron chi connectivity index (χ4n) is 3.11. The van der Waals surface area contributed by atoms with Crippen LogP contribution in [0.15, 0.2) is 42.5 Å². The molecule has 2 fully saturated rings. The van der Waals surface area contributed by atoms with Gasteiger partial charge in [0.05, 0.1) is 5.41 Å². The molecule has 23 heavy (non-hydrogen) atoms. The van der Waals surface area contributed by atoms with E-state index < -0.39 is 0 Å². The van der Waals surface area contributed by atoms with Crippen LogP contribution in [0.5, 0.6) is 0 Å². The predicted octanol–water partition coefficient (Wildman–Crippen LogP) is 2.62. The number of rotatable bonds is 4. The second-order valence-corrected chi connectivity index (χ2v) is 6.86. The molecular formula is C18H23N3OS. The summed E-state index contributed by atoms with van der Waals surface area (Å²) in [5.41, 5.74) is 1.80. The SMILES string of the molecule is C=C(C)CNC(=S)N1CCCN1C(=O)C1(c2ccccc2)CC1. The Morgan fingerprint density at radius 1 is 1.26 bits per heavy atom. The third kappa shape index (κ3) is 3.11. The lowest BCUT2D eigenvalue weighted by Crippen LogP contribution is -2.52. The Bertz CT molecular complexity index is 624. The molecule has 0 aromatic heterocycles. The van der Waals surface area contributed by atoms with Gasteiger partial charge in [-0.2, -0.15) is 0 Å². The van der Waals surface area contributed by atoms with Gasteiger partial charge < -0.3 is 5.32 Å². The van der Waals surface area contributed by atoms with Gasteiger partial charge in [0.1, 0.15) is 0 Å². The van der Waals surface area contributed by atoms with Crippen LogP contribution in [0.25, 0.3) is 0 Å². The summed E-state index contributed by atoms with van der Waals surface area (Å²) in [6.45, 7) is 8.00. The molecule has 1 amide bonds. The van der Waals surface area contributed by atoms with Gasteiger partial charge in [0.15, 0.2) is 5.11 Å². The van der Waals surface area contributed by atoms with Gasteiger partial charge in [0.25, 0.3) is 5.91 Å². The van der Waals surface area contributed by atoms with Crippen molar-refractivity contribution in [3.63, 3.8) is 0 Å². The molecule has 1 aliphatic carbocycles. The van der Waals surface area contributed by atoms with E-state index in [9.17, 15) is 4.79 Å². The van der Waals surface area contributed by atoms with Crippen molar-refractivity contribution in [2.24, 2.45) is 0 Å². The maximum absolute atomic E-state index is 13.2. The molecule has 0 atom stereocenters. The van der Waals surface area contributed by atoms with E-state index in [-0.39, 0.29) is 11.3 Å². The Labute approximate surface area is 143 Å². The Morgan fingerprint density at radius 2 is 1.91 bits per heavy atom. The van der Waals surface area contributed by atoms with Crippen LogP contribution < -0.4 is 5.32 Å². The lowest BCUT2D eigenvalue weighted by molar-refractivity contribution is -0.141. The van der Waals surface area contributed by atoms with E-state index in [1.165, 1.54) is 0 Å². The number of hydrazine groups is 1. The zero-order chi connectivity index (χ0) is 16.4. The summed E-state index contributed by atoms with van der Waals surface area (Å²) in [7, 11) is 0. The molecule has 1 aliphatic heterocycles. The molecule has 1 heterocycles. The van der Waals surface area contributed by atoms with Crippen molar-refractivity contribution in [2.45, 2.75) is 31.6 Å². The van der Waals surface area contributed by atoms with Crippen molar-refractivity contribution < 1.29 is 4.79 Å². The number of carbonyl (C=O) groups is 1. The van der Waals surface area contributed by atoms with Gasteiger partial charge in [0, 0.05) is 19.6 Å². The average molecular weight is 329 g/mol. The first-order valence-electron chi connectivity index (χ1n) is 8.12. The van der Waals surface area contributed by atoms with E-state index in [0.29, 0.717) is 11.7 Å². The Balaban J connectivity index is 1.74. The number of nitrogens with zero attached hydrogens (tertiary/aromatic N) is 2. The van der Waals surface area contributed by atoms with Gasteiger partial charge in [-0.25, -0.2) is 0 Å². The van der Waals surface area contributed by atoms with E-state index >= 15 is 0 Å². The fraction of sp³-hybridized carbons (Fsp3) is 0.444. The second-order valence-electron chi connectivity index (χ2n) is 6.47. The Kier molecular flexibility index (Phi) is 4.39. The highest BCUT2D eigenvalue weighted by Gasteiger charge is 2.54. The highest BCUT2D eigenvalue weighted by Crippen LogP contribution is 2.50. The molecule has 2 aliphatic rings. The number of amides is 1. The average Bonchev–Trinajstić information content (AvgIpc) is 3.23. The largest absolute Gasteiger partial charge is 0.357 e. The van der Waals surface area contributed by atoms with Crippen LogP contribution >= 0.6 is 12.2 Å².